The molecule has 1 saturated heterocycles. The summed E-state index contributed by atoms with van der Waals surface area (Å²) in [6.07, 6.45) is 2.84. The molecule has 0 aromatic heterocycles. The molecule has 3 nitrogen and oxygen atoms in total. The maximum absolute atomic E-state index is 12.6. The van der Waals surface area contributed by atoms with Gasteiger partial charge in [-0.05, 0) is 52.1 Å². The number of carbonyl (C=O) groups is 1. The number of likely N-dealkylation sites (N-methyl/N-ethyl adjacent to an activating group) is 1. The predicted octanol–water partition coefficient (Wildman–Crippen LogP) is 3.19. The molecule has 22 heavy (non-hydrogen) atoms. The Kier molecular flexibility index (Phi) is 7.37. The van der Waals surface area contributed by atoms with Crippen LogP contribution < -0.4 is 5.32 Å². The van der Waals surface area contributed by atoms with Crippen molar-refractivity contribution in [1.29, 1.82) is 0 Å². The van der Waals surface area contributed by atoms with Gasteiger partial charge in [-0.1, -0.05) is 29.8 Å². The van der Waals surface area contributed by atoms with Crippen LogP contribution in [-0.2, 0) is 11.2 Å². The molecule has 1 fully saturated rings. The minimum absolute atomic E-state index is 0. The summed E-state index contributed by atoms with van der Waals surface area (Å²) in [5.74, 6) is 0.495. The number of rotatable bonds is 4. The van der Waals surface area contributed by atoms with Gasteiger partial charge in [0.25, 0.3) is 0 Å². The summed E-state index contributed by atoms with van der Waals surface area (Å²) < 4.78 is 0. The molecule has 1 N–H and O–H groups in total. The zero-order valence-electron chi connectivity index (χ0n) is 14.1. The van der Waals surface area contributed by atoms with Crippen LogP contribution >= 0.6 is 12.4 Å². The highest BCUT2D eigenvalue weighted by molar-refractivity contribution is 5.85. The molecule has 0 spiro atoms. The molecule has 0 bridgehead atoms. The Balaban J connectivity index is 0.00000242. The smallest absolute Gasteiger partial charge is 0.225 e. The molecule has 0 saturated carbocycles. The Labute approximate surface area is 140 Å². The number of aryl methyl sites for hydroxylation is 1. The number of piperidine rings is 1. The van der Waals surface area contributed by atoms with Gasteiger partial charge in [-0.25, -0.2) is 0 Å². The van der Waals surface area contributed by atoms with Gasteiger partial charge in [-0.3, -0.25) is 4.79 Å². The molecule has 2 rings (SSSR count). The third-order valence-electron chi connectivity index (χ3n) is 4.63. The molecule has 4 heteroatoms. The third kappa shape index (κ3) is 4.99. The fraction of sp³-hybridized carbons (Fsp3) is 0.611. The van der Waals surface area contributed by atoms with E-state index in [-0.39, 0.29) is 24.4 Å². The van der Waals surface area contributed by atoms with Gasteiger partial charge in [0.1, 0.15) is 0 Å². The zero-order chi connectivity index (χ0) is 15.4. The summed E-state index contributed by atoms with van der Waals surface area (Å²) in [4.78, 5) is 14.6. The maximum atomic E-state index is 12.6. The van der Waals surface area contributed by atoms with Crippen LogP contribution in [0.2, 0.25) is 0 Å². The monoisotopic (exact) mass is 324 g/mol. The number of benzene rings is 1. The van der Waals surface area contributed by atoms with Crippen LogP contribution in [0, 0.1) is 12.8 Å². The molecule has 0 aliphatic carbocycles. The first-order valence-electron chi connectivity index (χ1n) is 8.03. The van der Waals surface area contributed by atoms with E-state index in [1.807, 2.05) is 11.9 Å². The van der Waals surface area contributed by atoms with E-state index in [0.717, 1.165) is 25.8 Å². The third-order valence-corrected chi connectivity index (χ3v) is 4.63. The van der Waals surface area contributed by atoms with Gasteiger partial charge in [-0.15, -0.1) is 12.4 Å². The molecule has 1 aliphatic rings. The van der Waals surface area contributed by atoms with Crippen molar-refractivity contribution in [1.82, 2.24) is 10.2 Å². The van der Waals surface area contributed by atoms with E-state index in [0.29, 0.717) is 11.9 Å². The average molecular weight is 325 g/mol. The van der Waals surface area contributed by atoms with Crippen molar-refractivity contribution in [2.45, 2.75) is 52.1 Å². The zero-order valence-corrected chi connectivity index (χ0v) is 15.0. The Bertz CT molecular complexity index is 474. The molecule has 0 radical (unpaired) electrons. The number of nitrogens with zero attached hydrogens (tertiary/aromatic N) is 1. The van der Waals surface area contributed by atoms with E-state index >= 15 is 0 Å². The first-order chi connectivity index (χ1) is 9.97. The first-order valence-corrected chi connectivity index (χ1v) is 8.03. The lowest BCUT2D eigenvalue weighted by atomic mass is 9.91. The number of amides is 1. The molecule has 124 valence electrons. The highest BCUT2D eigenvalue weighted by atomic mass is 35.5. The number of hydrogen-bond donors (Lipinski definition) is 1. The number of hydrogen-bond acceptors (Lipinski definition) is 2. The van der Waals surface area contributed by atoms with Crippen LogP contribution in [0.15, 0.2) is 24.3 Å². The fourth-order valence-electron chi connectivity index (χ4n) is 3.06. The number of halogens is 1. The first kappa shape index (κ1) is 19.0. The largest absolute Gasteiger partial charge is 0.342 e. The molecule has 3 atom stereocenters. The summed E-state index contributed by atoms with van der Waals surface area (Å²) in [7, 11) is 1.95. The molecule has 1 aromatic rings. The maximum Gasteiger partial charge on any atom is 0.225 e. The normalized spacial score (nSPS) is 22.5. The molecule has 1 heterocycles. The van der Waals surface area contributed by atoms with Crippen LogP contribution in [0.3, 0.4) is 0 Å². The Morgan fingerprint density at radius 2 is 2.00 bits per heavy atom. The van der Waals surface area contributed by atoms with Crippen molar-refractivity contribution in [2.75, 3.05) is 13.6 Å². The highest BCUT2D eigenvalue weighted by Gasteiger charge is 2.28. The van der Waals surface area contributed by atoms with Crippen LogP contribution in [0.25, 0.3) is 0 Å². The number of nitrogens with one attached hydrogen (secondary N) is 1. The van der Waals surface area contributed by atoms with Crippen LogP contribution in [0.1, 0.15) is 37.8 Å². The second-order valence-electron chi connectivity index (χ2n) is 6.56. The van der Waals surface area contributed by atoms with Crippen LogP contribution in [0.4, 0.5) is 0 Å². The Morgan fingerprint density at radius 1 is 1.36 bits per heavy atom. The second kappa shape index (κ2) is 8.54. The van der Waals surface area contributed by atoms with E-state index in [1.165, 1.54) is 11.1 Å². The van der Waals surface area contributed by atoms with Crippen molar-refractivity contribution >= 4 is 18.3 Å². The topological polar surface area (TPSA) is 32.3 Å². The summed E-state index contributed by atoms with van der Waals surface area (Å²) in [5, 5.41) is 3.41. The van der Waals surface area contributed by atoms with E-state index in [1.54, 1.807) is 0 Å². The standard InChI is InChI=1S/C18H28N2O.ClH/c1-13-5-7-16(8-6-13)12-15(3)20(4)18(21)17-9-10-19-14(2)11-17;/h5-8,14-15,17,19H,9-12H2,1-4H3;1H/t14-,15?,17-;/m0./s1. The quantitative estimate of drug-likeness (QED) is 0.922. The lowest BCUT2D eigenvalue weighted by Crippen LogP contribution is -2.45. The van der Waals surface area contributed by atoms with Gasteiger partial charge >= 0.3 is 0 Å². The van der Waals surface area contributed by atoms with Gasteiger partial charge < -0.3 is 10.2 Å². The highest BCUT2D eigenvalue weighted by Crippen LogP contribution is 2.20. The number of carbonyl (C=O) groups excluding carboxylic acids is 1. The lowest BCUT2D eigenvalue weighted by molar-refractivity contribution is -0.137. The van der Waals surface area contributed by atoms with Crippen molar-refractivity contribution in [2.24, 2.45) is 5.92 Å². The fourth-order valence-corrected chi connectivity index (χ4v) is 3.06. The van der Waals surface area contributed by atoms with E-state index < -0.39 is 0 Å². The minimum Gasteiger partial charge on any atom is -0.342 e. The lowest BCUT2D eigenvalue weighted by Gasteiger charge is -2.33. The summed E-state index contributed by atoms with van der Waals surface area (Å²) >= 11 is 0. The van der Waals surface area contributed by atoms with Gasteiger partial charge in [-0.2, -0.15) is 0 Å². The SMILES string of the molecule is Cc1ccc(CC(C)N(C)C(=O)[C@H]2CCN[C@@H](C)C2)cc1.Cl. The molecular weight excluding hydrogens is 296 g/mol. The van der Waals surface area contributed by atoms with E-state index in [2.05, 4.69) is 50.4 Å². The average Bonchev–Trinajstić information content (AvgIpc) is 2.48. The van der Waals surface area contributed by atoms with Gasteiger partial charge in [0, 0.05) is 25.0 Å². The minimum atomic E-state index is 0. The molecular formula is C18H29ClN2O. The van der Waals surface area contributed by atoms with Gasteiger partial charge in [0.15, 0.2) is 0 Å². The van der Waals surface area contributed by atoms with Crippen LogP contribution in [0.5, 0.6) is 0 Å². The van der Waals surface area contributed by atoms with Gasteiger partial charge in [0.2, 0.25) is 5.91 Å². The summed E-state index contributed by atoms with van der Waals surface area (Å²) in [5.41, 5.74) is 2.57. The van der Waals surface area contributed by atoms with Crippen LogP contribution in [-0.4, -0.2) is 36.5 Å². The van der Waals surface area contributed by atoms with Crippen molar-refractivity contribution in [3.63, 3.8) is 0 Å². The van der Waals surface area contributed by atoms with Crippen molar-refractivity contribution in [3.05, 3.63) is 35.4 Å². The van der Waals surface area contributed by atoms with E-state index in [4.69, 9.17) is 0 Å². The summed E-state index contributed by atoms with van der Waals surface area (Å²) in [6, 6.07) is 9.29. The van der Waals surface area contributed by atoms with E-state index in [9.17, 15) is 4.79 Å². The van der Waals surface area contributed by atoms with Gasteiger partial charge in [0.05, 0.1) is 0 Å². The van der Waals surface area contributed by atoms with Crippen molar-refractivity contribution in [3.8, 4) is 0 Å². The Hall–Kier alpha value is -1.06. The van der Waals surface area contributed by atoms with Crippen molar-refractivity contribution < 1.29 is 4.79 Å². The predicted molar refractivity (Wildman–Crippen MR) is 94.6 cm³/mol. The molecule has 1 aliphatic heterocycles. The molecule has 1 unspecified atom stereocenters. The summed E-state index contributed by atoms with van der Waals surface area (Å²) in [6.45, 7) is 7.36. The molecule has 1 amide bonds. The Morgan fingerprint density at radius 3 is 2.59 bits per heavy atom. The molecule has 1 aromatic carbocycles. The second-order valence-corrected chi connectivity index (χ2v) is 6.56.